The van der Waals surface area contributed by atoms with Gasteiger partial charge in [0.15, 0.2) is 9.84 Å². The number of carbonyl (C=O) groups is 2. The molecule has 1 aliphatic rings. The van der Waals surface area contributed by atoms with E-state index in [2.05, 4.69) is 15.4 Å². The number of hydrogen-bond acceptors (Lipinski definition) is 7. The Labute approximate surface area is 230 Å². The van der Waals surface area contributed by atoms with Gasteiger partial charge in [-0.25, -0.2) is 8.42 Å². The molecule has 1 atom stereocenters. The molecule has 0 aliphatic carbocycles. The number of nitrogens with one attached hydrogen (secondary N) is 1. The highest BCUT2D eigenvalue weighted by atomic mass is 32.2. The number of rotatable bonds is 11. The fourth-order valence-electron chi connectivity index (χ4n) is 5.10. The first-order valence-electron chi connectivity index (χ1n) is 13.3. The Morgan fingerprint density at radius 3 is 2.36 bits per heavy atom. The molecule has 1 N–H and O–H groups in total. The van der Waals surface area contributed by atoms with Crippen LogP contribution in [0.1, 0.15) is 53.9 Å². The van der Waals surface area contributed by atoms with Gasteiger partial charge in [-0.15, -0.1) is 0 Å². The summed E-state index contributed by atoms with van der Waals surface area (Å²) in [5.74, 6) is -0.0437. The second-order valence-electron chi connectivity index (χ2n) is 9.95. The lowest BCUT2D eigenvalue weighted by Gasteiger charge is -2.38. The molecule has 3 aromatic rings. The molecule has 0 bridgehead atoms. The van der Waals surface area contributed by atoms with Gasteiger partial charge in [0.1, 0.15) is 0 Å². The van der Waals surface area contributed by atoms with Crippen molar-refractivity contribution in [3.05, 3.63) is 83.7 Å². The van der Waals surface area contributed by atoms with Gasteiger partial charge >= 0.3 is 0 Å². The molecule has 0 saturated carbocycles. The molecule has 1 aliphatic heterocycles. The number of amides is 2. The molecular weight excluding hydrogens is 516 g/mol. The Bertz CT molecular complexity index is 1320. The number of nitrogens with zero attached hydrogens (tertiary/aromatic N) is 3. The molecule has 2 heterocycles. The van der Waals surface area contributed by atoms with Crippen molar-refractivity contribution in [1.82, 2.24) is 20.3 Å². The van der Waals surface area contributed by atoms with Gasteiger partial charge in [0, 0.05) is 44.5 Å². The zero-order chi connectivity index (χ0) is 27.8. The third kappa shape index (κ3) is 7.77. The van der Waals surface area contributed by atoms with E-state index in [0.29, 0.717) is 6.54 Å². The van der Waals surface area contributed by atoms with Crippen LogP contribution in [0.4, 0.5) is 0 Å². The van der Waals surface area contributed by atoms with Gasteiger partial charge in [0.2, 0.25) is 11.7 Å². The number of hydrogen-bond donors (Lipinski definition) is 1. The van der Waals surface area contributed by atoms with Crippen LogP contribution in [0.5, 0.6) is 0 Å². The van der Waals surface area contributed by atoms with E-state index in [1.54, 1.807) is 30.3 Å². The van der Waals surface area contributed by atoms with Crippen molar-refractivity contribution in [1.29, 1.82) is 0 Å². The van der Waals surface area contributed by atoms with Crippen LogP contribution < -0.4 is 5.32 Å². The molecule has 39 heavy (non-hydrogen) atoms. The lowest BCUT2D eigenvalue weighted by molar-refractivity contribution is -0.133. The van der Waals surface area contributed by atoms with E-state index in [1.165, 1.54) is 12.5 Å². The SMILES string of the molecule is CCN(C(=O)Cc1ccc(S(C)(=O)=O)cc1)C1CCN(CC[C@H](NC(=O)c2ccno2)c2ccccc2)CC1. The summed E-state index contributed by atoms with van der Waals surface area (Å²) in [5, 5.41) is 6.70. The van der Waals surface area contributed by atoms with Gasteiger partial charge in [-0.1, -0.05) is 47.6 Å². The summed E-state index contributed by atoms with van der Waals surface area (Å²) in [4.78, 5) is 30.3. The van der Waals surface area contributed by atoms with Crippen molar-refractivity contribution in [2.45, 2.75) is 49.6 Å². The van der Waals surface area contributed by atoms with Crippen molar-refractivity contribution >= 4 is 21.7 Å². The number of likely N-dealkylation sites (N-methyl/N-ethyl adjacent to an activating group) is 1. The minimum atomic E-state index is -3.26. The summed E-state index contributed by atoms with van der Waals surface area (Å²) in [6.07, 6.45) is 5.39. The van der Waals surface area contributed by atoms with Crippen molar-refractivity contribution in [3.63, 3.8) is 0 Å². The number of benzene rings is 2. The maximum Gasteiger partial charge on any atom is 0.290 e. The van der Waals surface area contributed by atoms with Crippen LogP contribution >= 0.6 is 0 Å². The normalized spacial score (nSPS) is 15.5. The number of likely N-dealkylation sites (tertiary alicyclic amines) is 1. The largest absolute Gasteiger partial charge is 0.351 e. The quantitative estimate of drug-likeness (QED) is 0.387. The van der Waals surface area contributed by atoms with Crippen LogP contribution in [0.2, 0.25) is 0 Å². The molecule has 1 saturated heterocycles. The Kier molecular flexibility index (Phi) is 9.53. The van der Waals surface area contributed by atoms with E-state index in [4.69, 9.17) is 4.52 Å². The molecule has 10 heteroatoms. The molecular formula is C29H36N4O5S. The Balaban J connectivity index is 1.30. The van der Waals surface area contributed by atoms with Crippen LogP contribution in [0, 0.1) is 0 Å². The van der Waals surface area contributed by atoms with E-state index in [-0.39, 0.29) is 41.0 Å². The van der Waals surface area contributed by atoms with E-state index in [0.717, 1.165) is 50.0 Å². The maximum atomic E-state index is 13.1. The third-order valence-electron chi connectivity index (χ3n) is 7.27. The van der Waals surface area contributed by atoms with E-state index in [9.17, 15) is 18.0 Å². The molecule has 0 unspecified atom stereocenters. The number of piperidine rings is 1. The highest BCUT2D eigenvalue weighted by molar-refractivity contribution is 7.90. The summed E-state index contributed by atoms with van der Waals surface area (Å²) in [6.45, 7) is 5.19. The summed E-state index contributed by atoms with van der Waals surface area (Å²) in [7, 11) is -3.26. The molecule has 2 aromatic carbocycles. The van der Waals surface area contributed by atoms with Crippen molar-refractivity contribution in [3.8, 4) is 0 Å². The fraction of sp³-hybridized carbons (Fsp3) is 0.414. The second kappa shape index (κ2) is 13.0. The highest BCUT2D eigenvalue weighted by Crippen LogP contribution is 2.22. The number of aromatic nitrogens is 1. The van der Waals surface area contributed by atoms with Gasteiger partial charge in [-0.2, -0.15) is 0 Å². The summed E-state index contributed by atoms with van der Waals surface area (Å²) in [6, 6.07) is 18.0. The lowest BCUT2D eigenvalue weighted by atomic mass is 9.99. The fourth-order valence-corrected chi connectivity index (χ4v) is 5.74. The maximum absolute atomic E-state index is 13.1. The smallest absolute Gasteiger partial charge is 0.290 e. The van der Waals surface area contributed by atoms with E-state index < -0.39 is 9.84 Å². The minimum Gasteiger partial charge on any atom is -0.351 e. The Hall–Kier alpha value is -3.50. The first-order chi connectivity index (χ1) is 18.7. The topological polar surface area (TPSA) is 113 Å². The second-order valence-corrected chi connectivity index (χ2v) is 12.0. The first-order valence-corrected chi connectivity index (χ1v) is 15.2. The van der Waals surface area contributed by atoms with E-state index in [1.807, 2.05) is 42.2 Å². The summed E-state index contributed by atoms with van der Waals surface area (Å²) < 4.78 is 28.4. The number of carbonyl (C=O) groups excluding carboxylic acids is 2. The summed E-state index contributed by atoms with van der Waals surface area (Å²) >= 11 is 0. The number of sulfone groups is 1. The van der Waals surface area contributed by atoms with Crippen LogP contribution in [-0.4, -0.2) is 73.7 Å². The molecule has 208 valence electrons. The zero-order valence-corrected chi connectivity index (χ0v) is 23.3. The van der Waals surface area contributed by atoms with Gasteiger partial charge in [0.25, 0.3) is 5.91 Å². The third-order valence-corrected chi connectivity index (χ3v) is 8.40. The van der Waals surface area contributed by atoms with Crippen LogP contribution in [-0.2, 0) is 21.1 Å². The summed E-state index contributed by atoms with van der Waals surface area (Å²) in [5.41, 5.74) is 1.84. The molecule has 9 nitrogen and oxygen atoms in total. The zero-order valence-electron chi connectivity index (χ0n) is 22.5. The highest BCUT2D eigenvalue weighted by Gasteiger charge is 2.28. The average Bonchev–Trinajstić information content (AvgIpc) is 3.48. The first kappa shape index (κ1) is 28.5. The molecule has 4 rings (SSSR count). The van der Waals surface area contributed by atoms with Crippen molar-refractivity contribution in [2.75, 3.05) is 32.4 Å². The van der Waals surface area contributed by atoms with E-state index >= 15 is 0 Å². The average molecular weight is 553 g/mol. The Morgan fingerprint density at radius 2 is 1.77 bits per heavy atom. The van der Waals surface area contributed by atoms with Gasteiger partial charge in [0.05, 0.1) is 23.6 Å². The van der Waals surface area contributed by atoms with Crippen LogP contribution in [0.25, 0.3) is 0 Å². The molecule has 2 amide bonds. The predicted molar refractivity (Wildman–Crippen MR) is 148 cm³/mol. The van der Waals surface area contributed by atoms with Crippen LogP contribution in [0.15, 0.2) is 76.3 Å². The van der Waals surface area contributed by atoms with Crippen molar-refractivity contribution < 1.29 is 22.5 Å². The molecule has 0 radical (unpaired) electrons. The van der Waals surface area contributed by atoms with Gasteiger partial charge in [-0.05, 0) is 49.4 Å². The molecule has 1 fully saturated rings. The molecule has 1 aromatic heterocycles. The lowest BCUT2D eigenvalue weighted by Crippen LogP contribution is -2.48. The van der Waals surface area contributed by atoms with Crippen LogP contribution in [0.3, 0.4) is 0 Å². The van der Waals surface area contributed by atoms with Gasteiger partial charge in [-0.3, -0.25) is 9.59 Å². The van der Waals surface area contributed by atoms with Crippen molar-refractivity contribution in [2.24, 2.45) is 0 Å². The van der Waals surface area contributed by atoms with Gasteiger partial charge < -0.3 is 19.6 Å². The Morgan fingerprint density at radius 1 is 1.08 bits per heavy atom. The molecule has 0 spiro atoms. The minimum absolute atomic E-state index is 0.0577. The predicted octanol–water partition coefficient (Wildman–Crippen LogP) is 3.49. The standard InChI is InChI=1S/C29H36N4O5S/c1-3-33(28(34)21-22-9-11-25(12-10-22)39(2,36)37)24-14-18-32(19-15-24)20-16-26(23-7-5-4-6-8-23)31-29(35)27-13-17-30-38-27/h4-13,17,24,26H,3,14-16,18-21H2,1-2H3,(H,31,35)/t26-/m0/s1. The monoisotopic (exact) mass is 552 g/mol.